The molecule has 0 radical (unpaired) electrons. The van der Waals surface area contributed by atoms with Gasteiger partial charge in [0.25, 0.3) is 0 Å². The Balaban J connectivity index is -0.0000000267. The van der Waals surface area contributed by atoms with Crippen molar-refractivity contribution in [1.82, 2.24) is 0 Å². The third-order valence-corrected chi connectivity index (χ3v) is 0. The normalized spacial score (nSPS) is 7.50. The van der Waals surface area contributed by atoms with Gasteiger partial charge in [0.15, 0.2) is 0 Å². The van der Waals surface area contributed by atoms with E-state index in [4.69, 9.17) is 19.2 Å². The van der Waals surface area contributed by atoms with E-state index in [1.807, 2.05) is 0 Å². The first-order valence-corrected chi connectivity index (χ1v) is 2.68. The molecular formula is H8Na2O5Si. The van der Waals surface area contributed by atoms with E-state index < -0.39 is 9.05 Å². The van der Waals surface area contributed by atoms with Crippen LogP contribution in [-0.4, -0.2) is 92.8 Å². The van der Waals surface area contributed by atoms with E-state index in [0.717, 1.165) is 0 Å². The molecule has 5 nitrogen and oxygen atoms in total. The molecule has 0 amide bonds. The van der Waals surface area contributed by atoms with Gasteiger partial charge in [-0.15, -0.1) is 0 Å². The van der Waals surface area contributed by atoms with Crippen molar-refractivity contribution < 1.29 is 24.7 Å². The Morgan fingerprint density at radius 1 is 0.750 bits per heavy atom. The molecule has 0 saturated heterocycles. The average molecular weight is 162 g/mol. The topological polar surface area (TPSA) is 112 Å². The van der Waals surface area contributed by atoms with Crippen molar-refractivity contribution in [2.75, 3.05) is 0 Å². The van der Waals surface area contributed by atoms with Crippen molar-refractivity contribution in [3.05, 3.63) is 0 Å². The van der Waals surface area contributed by atoms with Crippen LogP contribution in [0.1, 0.15) is 0 Å². The summed E-state index contributed by atoms with van der Waals surface area (Å²) >= 11 is 0. The summed E-state index contributed by atoms with van der Waals surface area (Å²) in [6.07, 6.45) is 0. The first-order valence-electron chi connectivity index (χ1n) is 0.894. The first kappa shape index (κ1) is 22.5. The molecule has 0 spiro atoms. The van der Waals surface area contributed by atoms with Gasteiger partial charge in [0.05, 0.1) is 0 Å². The van der Waals surface area contributed by atoms with Gasteiger partial charge in [-0.25, -0.2) is 0 Å². The van der Waals surface area contributed by atoms with Crippen LogP contribution in [0.25, 0.3) is 0 Å². The average Bonchev–Trinajstić information content (AvgIpc) is 0.722. The van der Waals surface area contributed by atoms with Gasteiger partial charge in [0, 0.05) is 0 Å². The van der Waals surface area contributed by atoms with Crippen molar-refractivity contribution in [3.8, 4) is 0 Å². The molecule has 6 N–H and O–H groups in total. The first-order chi connectivity index (χ1) is 2.00. The molecule has 44 valence electrons. The molecule has 0 aromatic heterocycles. The quantitative estimate of drug-likeness (QED) is 0.268. The fourth-order valence-electron chi connectivity index (χ4n) is 0. The number of hydrogen-bond donors (Lipinski definition) is 4. The summed E-state index contributed by atoms with van der Waals surface area (Å²) in [6.45, 7) is 0. The van der Waals surface area contributed by atoms with Crippen molar-refractivity contribution in [2.24, 2.45) is 0 Å². The third-order valence-electron chi connectivity index (χ3n) is 0. The molecule has 8 heavy (non-hydrogen) atoms. The Morgan fingerprint density at radius 2 is 0.750 bits per heavy atom. The summed E-state index contributed by atoms with van der Waals surface area (Å²) in [4.78, 5) is 29.3. The van der Waals surface area contributed by atoms with E-state index in [9.17, 15) is 0 Å². The van der Waals surface area contributed by atoms with E-state index in [1.54, 1.807) is 0 Å². The van der Waals surface area contributed by atoms with Crippen LogP contribution >= 0.6 is 0 Å². The Morgan fingerprint density at radius 3 is 0.750 bits per heavy atom. The fourth-order valence-corrected chi connectivity index (χ4v) is 0. The van der Waals surface area contributed by atoms with Crippen molar-refractivity contribution in [1.29, 1.82) is 0 Å². The number of hydrogen-bond acceptors (Lipinski definition) is 4. The van der Waals surface area contributed by atoms with Crippen molar-refractivity contribution in [2.45, 2.75) is 0 Å². The van der Waals surface area contributed by atoms with Gasteiger partial charge >= 0.3 is 68.2 Å². The van der Waals surface area contributed by atoms with Crippen molar-refractivity contribution in [3.63, 3.8) is 0 Å². The van der Waals surface area contributed by atoms with Gasteiger partial charge in [-0.1, -0.05) is 0 Å². The minimum absolute atomic E-state index is 0. The summed E-state index contributed by atoms with van der Waals surface area (Å²) in [5.41, 5.74) is 0. The predicted octanol–water partition coefficient (Wildman–Crippen LogP) is -4.73. The van der Waals surface area contributed by atoms with Gasteiger partial charge in [0.1, 0.15) is 0 Å². The monoisotopic (exact) mass is 162 g/mol. The summed E-state index contributed by atoms with van der Waals surface area (Å²) in [6, 6.07) is 0. The standard InChI is InChI=1S/2Na.H4O4Si.H2O.2H/c;;1-5(2,3)4;;;/h;;1-4H;1H2;;. The molecule has 0 bridgehead atoms. The molecule has 0 heterocycles. The maximum absolute atomic E-state index is 7.33. The zero-order valence-electron chi connectivity index (χ0n) is 2.79. The number of rotatable bonds is 0. The van der Waals surface area contributed by atoms with Crippen molar-refractivity contribution >= 4 is 68.2 Å². The van der Waals surface area contributed by atoms with Gasteiger partial charge in [-0.2, -0.15) is 0 Å². The van der Waals surface area contributed by atoms with E-state index in [-0.39, 0.29) is 64.6 Å². The Labute approximate surface area is 91.7 Å². The van der Waals surface area contributed by atoms with Gasteiger partial charge in [-0.3, -0.25) is 0 Å². The second-order valence-corrected chi connectivity index (χ2v) is 1.80. The molecule has 0 unspecified atom stereocenters. The van der Waals surface area contributed by atoms with Gasteiger partial charge in [-0.05, 0) is 0 Å². The maximum atomic E-state index is 7.33. The fraction of sp³-hybridized carbons (Fsp3) is 0. The van der Waals surface area contributed by atoms with Crippen LogP contribution in [-0.2, 0) is 0 Å². The summed E-state index contributed by atoms with van der Waals surface area (Å²) in [5, 5.41) is 0. The summed E-state index contributed by atoms with van der Waals surface area (Å²) < 4.78 is 0. The molecule has 8 heteroatoms. The molecule has 0 atom stereocenters. The molecule has 0 aromatic carbocycles. The van der Waals surface area contributed by atoms with Crippen LogP contribution in [0.3, 0.4) is 0 Å². The minimum atomic E-state index is -4.61. The van der Waals surface area contributed by atoms with Crippen LogP contribution in [0.2, 0.25) is 0 Å². The molecular weight excluding hydrogens is 154 g/mol. The molecule has 0 aromatic rings. The third kappa shape index (κ3) is 97.0. The molecule has 0 fully saturated rings. The van der Waals surface area contributed by atoms with Gasteiger partial charge in [0.2, 0.25) is 0 Å². The van der Waals surface area contributed by atoms with Gasteiger partial charge < -0.3 is 24.7 Å². The molecule has 0 aliphatic carbocycles. The van der Waals surface area contributed by atoms with Crippen LogP contribution in [0.15, 0.2) is 0 Å². The molecule has 0 aliphatic heterocycles. The van der Waals surface area contributed by atoms with Crippen LogP contribution in [0.4, 0.5) is 0 Å². The van der Waals surface area contributed by atoms with E-state index in [1.165, 1.54) is 0 Å². The molecule has 0 saturated carbocycles. The molecule has 0 aliphatic rings. The zero-order valence-corrected chi connectivity index (χ0v) is 3.79. The second-order valence-electron chi connectivity index (χ2n) is 0.600. The van der Waals surface area contributed by atoms with Crippen LogP contribution in [0, 0.1) is 0 Å². The van der Waals surface area contributed by atoms with Crippen LogP contribution < -0.4 is 0 Å². The van der Waals surface area contributed by atoms with Crippen LogP contribution in [0.5, 0.6) is 0 Å². The van der Waals surface area contributed by atoms with E-state index in [2.05, 4.69) is 0 Å². The molecule has 0 rings (SSSR count). The Hall–Kier alpha value is 2.02. The Bertz CT molecular complexity index is 25.9. The zero-order chi connectivity index (χ0) is 4.50. The van der Waals surface area contributed by atoms with E-state index >= 15 is 0 Å². The van der Waals surface area contributed by atoms with E-state index in [0.29, 0.717) is 0 Å². The summed E-state index contributed by atoms with van der Waals surface area (Å²) in [5.74, 6) is 0. The predicted molar refractivity (Wildman–Crippen MR) is 32.5 cm³/mol. The second kappa shape index (κ2) is 9.02. The Kier molecular flexibility index (Phi) is 25.4. The SMILES string of the molecule is O.O[Si](O)(O)O.[NaH].[NaH]. The summed E-state index contributed by atoms with van der Waals surface area (Å²) in [7, 11) is -4.61.